The van der Waals surface area contributed by atoms with Crippen LogP contribution in [-0.4, -0.2) is 18.6 Å². The zero-order chi connectivity index (χ0) is 13.7. The van der Waals surface area contributed by atoms with Gasteiger partial charge < -0.3 is 10.6 Å². The summed E-state index contributed by atoms with van der Waals surface area (Å²) in [5.74, 6) is 4.98. The summed E-state index contributed by atoms with van der Waals surface area (Å²) in [5, 5.41) is 0. The molecule has 0 aliphatic heterocycles. The molecule has 1 aromatic rings. The smallest absolute Gasteiger partial charge is 0.0738 e. The molecular formula is C17H25N3. The molecule has 0 spiro atoms. The van der Waals surface area contributed by atoms with E-state index in [2.05, 4.69) is 16.9 Å². The Morgan fingerprint density at radius 2 is 1.80 bits per heavy atom. The van der Waals surface area contributed by atoms with Crippen molar-refractivity contribution in [2.24, 2.45) is 29.6 Å². The third-order valence-corrected chi connectivity index (χ3v) is 6.15. The number of nitrogens with zero attached hydrogens (tertiary/aromatic N) is 2. The van der Waals surface area contributed by atoms with Crippen molar-refractivity contribution in [3.05, 3.63) is 18.5 Å². The molecule has 4 bridgehead atoms. The van der Waals surface area contributed by atoms with Crippen molar-refractivity contribution in [3.8, 4) is 0 Å². The van der Waals surface area contributed by atoms with Crippen molar-refractivity contribution in [1.29, 1.82) is 0 Å². The lowest BCUT2D eigenvalue weighted by Gasteiger charge is -2.55. The largest absolute Gasteiger partial charge is 0.396 e. The molecule has 0 radical (unpaired) electrons. The van der Waals surface area contributed by atoms with Crippen LogP contribution in [0.3, 0.4) is 0 Å². The van der Waals surface area contributed by atoms with E-state index < -0.39 is 0 Å². The predicted molar refractivity (Wildman–Crippen MR) is 82.5 cm³/mol. The number of pyridine rings is 1. The van der Waals surface area contributed by atoms with Crippen LogP contribution in [-0.2, 0) is 0 Å². The quantitative estimate of drug-likeness (QED) is 0.918. The highest BCUT2D eigenvalue weighted by Gasteiger charge is 2.48. The summed E-state index contributed by atoms with van der Waals surface area (Å²) >= 11 is 0. The summed E-state index contributed by atoms with van der Waals surface area (Å²) in [6, 6.07) is 2.05. The first-order valence-electron chi connectivity index (χ1n) is 8.11. The van der Waals surface area contributed by atoms with Gasteiger partial charge in [-0.1, -0.05) is 0 Å². The van der Waals surface area contributed by atoms with Crippen molar-refractivity contribution in [1.82, 2.24) is 4.98 Å². The Kier molecular flexibility index (Phi) is 2.90. The number of nitrogens with two attached hydrogens (primary N) is 1. The van der Waals surface area contributed by atoms with Crippen LogP contribution in [0.25, 0.3) is 0 Å². The Morgan fingerprint density at radius 3 is 2.40 bits per heavy atom. The number of hydrogen-bond acceptors (Lipinski definition) is 3. The molecule has 0 saturated heterocycles. The Morgan fingerprint density at radius 1 is 1.15 bits per heavy atom. The molecule has 0 aromatic carbocycles. The molecule has 20 heavy (non-hydrogen) atoms. The fraction of sp³-hybridized carbons (Fsp3) is 0.706. The summed E-state index contributed by atoms with van der Waals surface area (Å²) in [4.78, 5) is 6.46. The van der Waals surface area contributed by atoms with Gasteiger partial charge in [0.2, 0.25) is 0 Å². The minimum absolute atomic E-state index is 0.804. The first-order valence-corrected chi connectivity index (χ1v) is 8.11. The number of aromatic nitrogens is 1. The van der Waals surface area contributed by atoms with E-state index in [1.54, 1.807) is 6.20 Å². The van der Waals surface area contributed by atoms with Crippen molar-refractivity contribution < 1.29 is 0 Å². The predicted octanol–water partition coefficient (Wildman–Crippen LogP) is 3.17. The summed E-state index contributed by atoms with van der Waals surface area (Å²) in [6.45, 7) is 1.17. The summed E-state index contributed by atoms with van der Waals surface area (Å²) < 4.78 is 0. The average Bonchev–Trinajstić information content (AvgIpc) is 2.42. The molecule has 3 nitrogen and oxygen atoms in total. The maximum absolute atomic E-state index is 6.07. The van der Waals surface area contributed by atoms with Crippen molar-refractivity contribution >= 4 is 11.4 Å². The van der Waals surface area contributed by atoms with E-state index in [0.717, 1.165) is 41.0 Å². The van der Waals surface area contributed by atoms with Gasteiger partial charge in [0.1, 0.15) is 0 Å². The molecule has 4 aliphatic carbocycles. The van der Waals surface area contributed by atoms with Gasteiger partial charge in [0.25, 0.3) is 0 Å². The van der Waals surface area contributed by atoms with Gasteiger partial charge in [-0.2, -0.15) is 0 Å². The highest BCUT2D eigenvalue weighted by molar-refractivity contribution is 5.65. The first kappa shape index (κ1) is 12.5. The number of rotatable bonds is 3. The Labute approximate surface area is 121 Å². The minimum Gasteiger partial charge on any atom is -0.396 e. The fourth-order valence-corrected chi connectivity index (χ4v) is 5.50. The molecule has 3 heteroatoms. The van der Waals surface area contributed by atoms with Crippen LogP contribution < -0.4 is 10.6 Å². The lowest BCUT2D eigenvalue weighted by molar-refractivity contribution is -0.0325. The molecule has 5 rings (SSSR count). The van der Waals surface area contributed by atoms with Crippen LogP contribution in [0.15, 0.2) is 18.5 Å². The monoisotopic (exact) mass is 271 g/mol. The topological polar surface area (TPSA) is 42.2 Å². The van der Waals surface area contributed by atoms with E-state index in [0.29, 0.717) is 0 Å². The summed E-state index contributed by atoms with van der Waals surface area (Å²) in [5.41, 5.74) is 8.02. The third-order valence-electron chi connectivity index (χ3n) is 6.15. The molecule has 0 amide bonds. The fourth-order valence-electron chi connectivity index (χ4n) is 5.50. The van der Waals surface area contributed by atoms with Crippen LogP contribution in [0, 0.1) is 29.6 Å². The first-order chi connectivity index (χ1) is 9.70. The Hall–Kier alpha value is -1.25. The van der Waals surface area contributed by atoms with Gasteiger partial charge in [0.05, 0.1) is 17.6 Å². The zero-order valence-electron chi connectivity index (χ0n) is 12.3. The molecule has 108 valence electrons. The van der Waals surface area contributed by atoms with Gasteiger partial charge in [-0.3, -0.25) is 4.98 Å². The zero-order valence-corrected chi connectivity index (χ0v) is 12.3. The van der Waals surface area contributed by atoms with E-state index in [1.165, 1.54) is 38.6 Å². The molecule has 0 atom stereocenters. The van der Waals surface area contributed by atoms with Gasteiger partial charge in [0.15, 0.2) is 0 Å². The second-order valence-corrected chi connectivity index (χ2v) is 7.41. The van der Waals surface area contributed by atoms with Crippen molar-refractivity contribution in [2.45, 2.75) is 32.1 Å². The van der Waals surface area contributed by atoms with Gasteiger partial charge >= 0.3 is 0 Å². The average molecular weight is 271 g/mol. The number of hydrogen-bond donors (Lipinski definition) is 1. The van der Waals surface area contributed by atoms with Gasteiger partial charge in [-0.25, -0.2) is 0 Å². The van der Waals surface area contributed by atoms with Gasteiger partial charge in [0, 0.05) is 19.8 Å². The molecule has 0 unspecified atom stereocenters. The van der Waals surface area contributed by atoms with E-state index >= 15 is 0 Å². The van der Waals surface area contributed by atoms with Crippen LogP contribution in [0.5, 0.6) is 0 Å². The standard InChI is InChI=1S/C17H25N3/c1-20(17-2-3-19-9-16(17)18)10-15-13-5-11-4-12(7-13)8-14(15)6-11/h2-3,9,11-15H,4-8,10,18H2,1H3. The summed E-state index contributed by atoms with van der Waals surface area (Å²) in [7, 11) is 2.19. The van der Waals surface area contributed by atoms with E-state index in [1.807, 2.05) is 12.3 Å². The number of nitrogen functional groups attached to an aromatic ring is 1. The molecule has 4 fully saturated rings. The van der Waals surface area contributed by atoms with Crippen LogP contribution in [0.1, 0.15) is 32.1 Å². The normalized spacial score (nSPS) is 38.1. The molecule has 1 aromatic heterocycles. The van der Waals surface area contributed by atoms with E-state index in [-0.39, 0.29) is 0 Å². The minimum atomic E-state index is 0.804. The van der Waals surface area contributed by atoms with Gasteiger partial charge in [-0.05, 0) is 67.8 Å². The van der Waals surface area contributed by atoms with E-state index in [9.17, 15) is 0 Å². The highest BCUT2D eigenvalue weighted by Crippen LogP contribution is 2.56. The van der Waals surface area contributed by atoms with Crippen LogP contribution >= 0.6 is 0 Å². The Bertz CT molecular complexity index is 471. The lowest BCUT2D eigenvalue weighted by Crippen LogP contribution is -2.48. The third kappa shape index (κ3) is 1.99. The van der Waals surface area contributed by atoms with Crippen molar-refractivity contribution in [3.63, 3.8) is 0 Å². The van der Waals surface area contributed by atoms with Crippen molar-refractivity contribution in [2.75, 3.05) is 24.2 Å². The Balaban J connectivity index is 1.50. The molecule has 2 N–H and O–H groups in total. The molecule has 4 aliphatic rings. The molecular weight excluding hydrogens is 246 g/mol. The van der Waals surface area contributed by atoms with Crippen LogP contribution in [0.4, 0.5) is 11.4 Å². The second-order valence-electron chi connectivity index (χ2n) is 7.41. The summed E-state index contributed by atoms with van der Waals surface area (Å²) in [6.07, 6.45) is 11.1. The van der Waals surface area contributed by atoms with Crippen LogP contribution in [0.2, 0.25) is 0 Å². The maximum atomic E-state index is 6.07. The second kappa shape index (κ2) is 4.64. The SMILES string of the molecule is CN(CC1C2CC3CC(C2)CC1C3)c1ccncc1N. The molecule has 4 saturated carbocycles. The lowest BCUT2D eigenvalue weighted by atomic mass is 9.52. The highest BCUT2D eigenvalue weighted by atomic mass is 15.1. The maximum Gasteiger partial charge on any atom is 0.0738 e. The van der Waals surface area contributed by atoms with Gasteiger partial charge in [-0.15, -0.1) is 0 Å². The number of anilines is 2. The van der Waals surface area contributed by atoms with E-state index in [4.69, 9.17) is 5.73 Å². The molecule has 1 heterocycles.